The van der Waals surface area contributed by atoms with Gasteiger partial charge in [0.25, 0.3) is 0 Å². The number of benzene rings is 1. The van der Waals surface area contributed by atoms with Crippen molar-refractivity contribution in [2.45, 2.75) is 16.2 Å². The number of nitrogens with one attached hydrogen (secondary N) is 1. The van der Waals surface area contributed by atoms with Gasteiger partial charge in [-0.1, -0.05) is 0 Å². The zero-order valence-corrected chi connectivity index (χ0v) is 10.8. The van der Waals surface area contributed by atoms with Gasteiger partial charge in [0.2, 0.25) is 10.0 Å². The predicted molar refractivity (Wildman–Crippen MR) is 65.7 cm³/mol. The zero-order valence-electron chi connectivity index (χ0n) is 9.21. The first-order valence-corrected chi connectivity index (χ1v) is 7.31. The van der Waals surface area contributed by atoms with Crippen molar-refractivity contribution >= 4 is 27.8 Å². The fourth-order valence-corrected chi connectivity index (χ4v) is 2.66. The van der Waals surface area contributed by atoms with Crippen LogP contribution in [0.2, 0.25) is 0 Å². The Bertz CT molecular complexity index is 482. The maximum atomic E-state index is 11.4. The second kappa shape index (κ2) is 6.04. The number of thioether (sulfide) groups is 1. The summed E-state index contributed by atoms with van der Waals surface area (Å²) >= 11 is 1.38. The van der Waals surface area contributed by atoms with Crippen LogP contribution >= 0.6 is 11.8 Å². The minimum absolute atomic E-state index is 0.0846. The summed E-state index contributed by atoms with van der Waals surface area (Å²) in [4.78, 5) is 11.4. The second-order valence-electron chi connectivity index (χ2n) is 3.17. The van der Waals surface area contributed by atoms with E-state index in [2.05, 4.69) is 4.72 Å². The van der Waals surface area contributed by atoms with Gasteiger partial charge in [0.1, 0.15) is 0 Å². The van der Waals surface area contributed by atoms with Gasteiger partial charge in [-0.25, -0.2) is 13.1 Å². The lowest BCUT2D eigenvalue weighted by atomic mass is 10.4. The van der Waals surface area contributed by atoms with E-state index in [1.54, 1.807) is 12.1 Å². The average Bonchev–Trinajstić information content (AvgIpc) is 2.29. The number of rotatable bonds is 6. The Balaban J connectivity index is 2.66. The number of sulfonamides is 1. The van der Waals surface area contributed by atoms with Gasteiger partial charge < -0.3 is 5.11 Å². The maximum absolute atomic E-state index is 11.4. The van der Waals surface area contributed by atoms with Crippen LogP contribution < -0.4 is 4.72 Å². The van der Waals surface area contributed by atoms with Crippen molar-refractivity contribution in [2.75, 3.05) is 12.8 Å². The maximum Gasteiger partial charge on any atom is 0.304 e. The molecule has 0 aliphatic heterocycles. The van der Waals surface area contributed by atoms with Gasteiger partial charge in [0.05, 0.1) is 11.3 Å². The lowest BCUT2D eigenvalue weighted by Crippen LogP contribution is -2.18. The van der Waals surface area contributed by atoms with Crippen molar-refractivity contribution in [1.29, 1.82) is 0 Å². The van der Waals surface area contributed by atoms with Gasteiger partial charge in [-0.05, 0) is 31.3 Å². The SMILES string of the molecule is CNS(=O)(=O)c1ccc(SCCC(=O)O)cc1. The molecule has 5 nitrogen and oxygen atoms in total. The lowest BCUT2D eigenvalue weighted by molar-refractivity contribution is -0.136. The van der Waals surface area contributed by atoms with Crippen molar-refractivity contribution in [3.8, 4) is 0 Å². The minimum Gasteiger partial charge on any atom is -0.481 e. The van der Waals surface area contributed by atoms with Crippen molar-refractivity contribution in [1.82, 2.24) is 4.72 Å². The van der Waals surface area contributed by atoms with Gasteiger partial charge in [-0.15, -0.1) is 11.8 Å². The molecule has 0 saturated heterocycles. The molecule has 1 rings (SSSR count). The summed E-state index contributed by atoms with van der Waals surface area (Å²) in [6, 6.07) is 6.32. The molecular formula is C10H13NO4S2. The Labute approximate surface area is 104 Å². The molecule has 0 radical (unpaired) electrons. The first kappa shape index (κ1) is 14.0. The van der Waals surface area contributed by atoms with E-state index >= 15 is 0 Å². The van der Waals surface area contributed by atoms with Crippen LogP contribution in [0.4, 0.5) is 0 Å². The molecule has 0 aliphatic rings. The molecule has 0 aliphatic carbocycles. The molecule has 1 aromatic carbocycles. The number of hydrogen-bond acceptors (Lipinski definition) is 4. The number of aliphatic carboxylic acids is 1. The van der Waals surface area contributed by atoms with E-state index < -0.39 is 16.0 Å². The molecular weight excluding hydrogens is 262 g/mol. The molecule has 7 heteroatoms. The van der Waals surface area contributed by atoms with E-state index in [0.29, 0.717) is 5.75 Å². The highest BCUT2D eigenvalue weighted by Crippen LogP contribution is 2.20. The molecule has 0 bridgehead atoms. The molecule has 1 aromatic rings. The van der Waals surface area contributed by atoms with Gasteiger partial charge >= 0.3 is 5.97 Å². The second-order valence-corrected chi connectivity index (χ2v) is 6.23. The minimum atomic E-state index is -3.40. The van der Waals surface area contributed by atoms with Crippen LogP contribution in [0, 0.1) is 0 Å². The van der Waals surface area contributed by atoms with E-state index in [4.69, 9.17) is 5.11 Å². The first-order chi connectivity index (χ1) is 7.95. The van der Waals surface area contributed by atoms with Gasteiger partial charge in [-0.3, -0.25) is 4.79 Å². The number of hydrogen-bond donors (Lipinski definition) is 2. The first-order valence-electron chi connectivity index (χ1n) is 4.84. The van der Waals surface area contributed by atoms with Crippen molar-refractivity contribution in [2.24, 2.45) is 0 Å². The fraction of sp³-hybridized carbons (Fsp3) is 0.300. The van der Waals surface area contributed by atoms with Gasteiger partial charge in [0.15, 0.2) is 0 Å². The van der Waals surface area contributed by atoms with Crippen LogP contribution in [-0.4, -0.2) is 32.3 Å². The molecule has 0 amide bonds. The highest BCUT2D eigenvalue weighted by molar-refractivity contribution is 7.99. The van der Waals surface area contributed by atoms with Crippen molar-refractivity contribution in [3.63, 3.8) is 0 Å². The monoisotopic (exact) mass is 275 g/mol. The van der Waals surface area contributed by atoms with E-state index in [1.165, 1.54) is 30.9 Å². The summed E-state index contributed by atoms with van der Waals surface area (Å²) in [6.45, 7) is 0. The summed E-state index contributed by atoms with van der Waals surface area (Å²) < 4.78 is 25.1. The van der Waals surface area contributed by atoms with E-state index in [1.807, 2.05) is 0 Å². The normalized spacial score (nSPS) is 11.4. The fourth-order valence-electron chi connectivity index (χ4n) is 1.09. The number of carbonyl (C=O) groups is 1. The van der Waals surface area contributed by atoms with Crippen molar-refractivity contribution in [3.05, 3.63) is 24.3 Å². The topological polar surface area (TPSA) is 83.5 Å². The van der Waals surface area contributed by atoms with E-state index in [0.717, 1.165) is 4.90 Å². The molecule has 0 atom stereocenters. The lowest BCUT2D eigenvalue weighted by Gasteiger charge is -2.03. The Hall–Kier alpha value is -1.05. The summed E-state index contributed by atoms with van der Waals surface area (Å²) in [5.74, 6) is -0.375. The highest BCUT2D eigenvalue weighted by Gasteiger charge is 2.10. The molecule has 0 aromatic heterocycles. The molecule has 0 fully saturated rings. The Morgan fingerprint density at radius 2 is 1.94 bits per heavy atom. The number of carboxylic acid groups (broad SMARTS) is 1. The van der Waals surface area contributed by atoms with Crippen molar-refractivity contribution < 1.29 is 18.3 Å². The molecule has 17 heavy (non-hydrogen) atoms. The third-order valence-corrected chi connectivity index (χ3v) is 4.43. The molecule has 2 N–H and O–H groups in total. The van der Waals surface area contributed by atoms with E-state index in [9.17, 15) is 13.2 Å². The standard InChI is InChI=1S/C10H13NO4S2/c1-11-17(14,15)9-4-2-8(3-5-9)16-7-6-10(12)13/h2-5,11H,6-7H2,1H3,(H,12,13). The van der Waals surface area contributed by atoms with Gasteiger partial charge in [0, 0.05) is 10.6 Å². The summed E-state index contributed by atoms with van der Waals surface area (Å²) in [5.41, 5.74) is 0. The summed E-state index contributed by atoms with van der Waals surface area (Å²) in [5, 5.41) is 8.47. The van der Waals surface area contributed by atoms with Crippen LogP contribution in [0.5, 0.6) is 0 Å². The third-order valence-electron chi connectivity index (χ3n) is 1.99. The summed E-state index contributed by atoms with van der Waals surface area (Å²) in [7, 11) is -2.05. The van der Waals surface area contributed by atoms with Crippen LogP contribution in [0.25, 0.3) is 0 Å². The molecule has 0 spiro atoms. The van der Waals surface area contributed by atoms with E-state index in [-0.39, 0.29) is 11.3 Å². The Morgan fingerprint density at radius 1 is 1.35 bits per heavy atom. The van der Waals surface area contributed by atoms with Crippen LogP contribution in [0.1, 0.15) is 6.42 Å². The zero-order chi connectivity index (χ0) is 12.9. The number of carboxylic acids is 1. The molecule has 94 valence electrons. The average molecular weight is 275 g/mol. The van der Waals surface area contributed by atoms with Crippen LogP contribution in [0.3, 0.4) is 0 Å². The Kier molecular flexibility index (Phi) is 4.98. The third kappa shape index (κ3) is 4.37. The quantitative estimate of drug-likeness (QED) is 0.761. The molecule has 0 heterocycles. The molecule has 0 saturated carbocycles. The Morgan fingerprint density at radius 3 is 2.41 bits per heavy atom. The smallest absolute Gasteiger partial charge is 0.304 e. The van der Waals surface area contributed by atoms with Crippen LogP contribution in [-0.2, 0) is 14.8 Å². The predicted octanol–water partition coefficient (Wildman–Crippen LogP) is 1.16. The highest BCUT2D eigenvalue weighted by atomic mass is 32.2. The molecule has 0 unspecified atom stereocenters. The van der Waals surface area contributed by atoms with Gasteiger partial charge in [-0.2, -0.15) is 0 Å². The largest absolute Gasteiger partial charge is 0.481 e. The van der Waals surface area contributed by atoms with Crippen LogP contribution in [0.15, 0.2) is 34.1 Å². The summed E-state index contributed by atoms with van der Waals surface area (Å²) in [6.07, 6.45) is 0.0846.